The molecular weight excluding hydrogens is 310 g/mol. The summed E-state index contributed by atoms with van der Waals surface area (Å²) in [6, 6.07) is 12.9. The van der Waals surface area contributed by atoms with Crippen LogP contribution in [0.2, 0.25) is 0 Å². The van der Waals surface area contributed by atoms with Crippen molar-refractivity contribution in [1.29, 1.82) is 5.26 Å². The SMILES string of the molecule is N#Cc1ccc(/N=C2\SC(=O)[C@@H]3[C@H](O)CCN23)c2ccccc12. The number of nitrogens with zero attached hydrogens (tertiary/aromatic N) is 3. The van der Waals surface area contributed by atoms with Gasteiger partial charge in [0.2, 0.25) is 5.12 Å². The summed E-state index contributed by atoms with van der Waals surface area (Å²) in [6.07, 6.45) is -0.0233. The number of aliphatic hydroxyl groups is 1. The lowest BCUT2D eigenvalue weighted by Gasteiger charge is -2.16. The van der Waals surface area contributed by atoms with Crippen LogP contribution >= 0.6 is 11.8 Å². The summed E-state index contributed by atoms with van der Waals surface area (Å²) in [5.74, 6) is 0. The summed E-state index contributed by atoms with van der Waals surface area (Å²) in [4.78, 5) is 18.6. The lowest BCUT2D eigenvalue weighted by molar-refractivity contribution is -0.115. The molecule has 23 heavy (non-hydrogen) atoms. The van der Waals surface area contributed by atoms with E-state index in [2.05, 4.69) is 11.1 Å². The predicted molar refractivity (Wildman–Crippen MR) is 89.5 cm³/mol. The molecule has 114 valence electrons. The minimum absolute atomic E-state index is 0.0494. The van der Waals surface area contributed by atoms with Crippen LogP contribution in [0, 0.1) is 11.3 Å². The lowest BCUT2D eigenvalue weighted by atomic mass is 10.0. The van der Waals surface area contributed by atoms with Gasteiger partial charge in [-0.15, -0.1) is 0 Å². The Morgan fingerprint density at radius 1 is 1.26 bits per heavy atom. The lowest BCUT2D eigenvalue weighted by Crippen LogP contribution is -2.35. The van der Waals surface area contributed by atoms with Crippen molar-refractivity contribution in [2.45, 2.75) is 18.6 Å². The van der Waals surface area contributed by atoms with Gasteiger partial charge >= 0.3 is 0 Å². The Bertz CT molecular complexity index is 887. The van der Waals surface area contributed by atoms with Crippen molar-refractivity contribution in [2.75, 3.05) is 6.54 Å². The van der Waals surface area contributed by atoms with Crippen LogP contribution in [-0.4, -0.2) is 39.0 Å². The molecule has 4 rings (SSSR count). The summed E-state index contributed by atoms with van der Waals surface area (Å²) in [5.41, 5.74) is 1.34. The van der Waals surface area contributed by atoms with Crippen LogP contribution in [0.1, 0.15) is 12.0 Å². The number of thioether (sulfide) groups is 1. The van der Waals surface area contributed by atoms with Crippen molar-refractivity contribution in [3.63, 3.8) is 0 Å². The number of nitriles is 1. The van der Waals surface area contributed by atoms with E-state index in [1.54, 1.807) is 12.1 Å². The number of carbonyl (C=O) groups excluding carboxylic acids is 1. The molecule has 2 heterocycles. The Morgan fingerprint density at radius 3 is 2.83 bits per heavy atom. The van der Waals surface area contributed by atoms with Crippen LogP contribution < -0.4 is 0 Å². The van der Waals surface area contributed by atoms with Gasteiger partial charge in [0.25, 0.3) is 0 Å². The molecule has 2 atom stereocenters. The molecule has 2 aromatic carbocycles. The maximum Gasteiger partial charge on any atom is 0.221 e. The molecule has 1 N–H and O–H groups in total. The highest BCUT2D eigenvalue weighted by molar-refractivity contribution is 8.26. The Kier molecular flexibility index (Phi) is 3.33. The highest BCUT2D eigenvalue weighted by atomic mass is 32.2. The van der Waals surface area contributed by atoms with Gasteiger partial charge in [0.15, 0.2) is 5.17 Å². The van der Waals surface area contributed by atoms with Crippen molar-refractivity contribution in [3.8, 4) is 6.07 Å². The average Bonchev–Trinajstić information content (AvgIpc) is 3.10. The van der Waals surface area contributed by atoms with Crippen LogP contribution in [0.4, 0.5) is 5.69 Å². The molecular formula is C17H13N3O2S. The second-order valence-corrected chi connectivity index (χ2v) is 6.57. The smallest absolute Gasteiger partial charge is 0.221 e. The van der Waals surface area contributed by atoms with Gasteiger partial charge < -0.3 is 10.0 Å². The van der Waals surface area contributed by atoms with Crippen LogP contribution in [0.5, 0.6) is 0 Å². The molecule has 0 radical (unpaired) electrons. The topological polar surface area (TPSA) is 76.7 Å². The molecule has 2 aliphatic rings. The van der Waals surface area contributed by atoms with Crippen molar-refractivity contribution in [1.82, 2.24) is 4.90 Å². The Balaban J connectivity index is 1.82. The van der Waals surface area contributed by atoms with E-state index in [0.717, 1.165) is 28.2 Å². The molecule has 0 spiro atoms. The fourth-order valence-electron chi connectivity index (χ4n) is 3.15. The maximum atomic E-state index is 12.1. The normalized spacial score (nSPS) is 25.1. The predicted octanol–water partition coefficient (Wildman–Crippen LogP) is 2.41. The van der Waals surface area contributed by atoms with E-state index >= 15 is 0 Å². The minimum atomic E-state index is -0.611. The van der Waals surface area contributed by atoms with Gasteiger partial charge in [-0.25, -0.2) is 4.99 Å². The van der Waals surface area contributed by atoms with Gasteiger partial charge in [-0.05, 0) is 30.3 Å². The average molecular weight is 323 g/mol. The molecule has 0 aromatic heterocycles. The first-order chi connectivity index (χ1) is 11.2. The minimum Gasteiger partial charge on any atom is -0.390 e. The zero-order valence-electron chi connectivity index (χ0n) is 12.1. The monoisotopic (exact) mass is 323 g/mol. The highest BCUT2D eigenvalue weighted by Crippen LogP contribution is 2.36. The van der Waals surface area contributed by atoms with Crippen molar-refractivity contribution < 1.29 is 9.90 Å². The van der Waals surface area contributed by atoms with Gasteiger partial charge in [-0.2, -0.15) is 5.26 Å². The summed E-state index contributed by atoms with van der Waals surface area (Å²) in [6.45, 7) is 0.637. The van der Waals surface area contributed by atoms with Gasteiger partial charge in [-0.3, -0.25) is 4.79 Å². The van der Waals surface area contributed by atoms with E-state index in [-0.39, 0.29) is 5.12 Å². The van der Waals surface area contributed by atoms with Crippen molar-refractivity contribution in [2.24, 2.45) is 4.99 Å². The number of rotatable bonds is 1. The Hall–Kier alpha value is -2.36. The van der Waals surface area contributed by atoms with Crippen LogP contribution in [-0.2, 0) is 4.79 Å². The molecule has 0 unspecified atom stereocenters. The van der Waals surface area contributed by atoms with E-state index in [1.165, 1.54) is 0 Å². The standard InChI is InChI=1S/C17H13N3O2S/c18-9-10-5-6-13(12-4-2-1-3-11(10)12)19-17-20-8-7-14(21)15(20)16(22)23-17/h1-6,14-15,21H,7-8H2/b19-17-/t14-,15+/m1/s1. The Morgan fingerprint density at radius 2 is 2.04 bits per heavy atom. The highest BCUT2D eigenvalue weighted by Gasteiger charge is 2.46. The first-order valence-electron chi connectivity index (χ1n) is 7.36. The first-order valence-corrected chi connectivity index (χ1v) is 8.17. The summed E-state index contributed by atoms with van der Waals surface area (Å²) >= 11 is 1.09. The molecule has 0 amide bonds. The van der Waals surface area contributed by atoms with E-state index in [1.807, 2.05) is 29.2 Å². The van der Waals surface area contributed by atoms with Gasteiger partial charge in [0.05, 0.1) is 23.4 Å². The van der Waals surface area contributed by atoms with Gasteiger partial charge in [0, 0.05) is 17.3 Å². The fraction of sp³-hybridized carbons (Fsp3) is 0.235. The molecule has 2 aromatic rings. The number of hydrogen-bond acceptors (Lipinski definition) is 5. The number of carbonyl (C=O) groups is 1. The second kappa shape index (κ2) is 5.37. The van der Waals surface area contributed by atoms with Crippen LogP contribution in [0.15, 0.2) is 41.4 Å². The van der Waals surface area contributed by atoms with E-state index < -0.39 is 12.1 Å². The fourth-order valence-corrected chi connectivity index (χ4v) is 4.20. The third-order valence-electron chi connectivity index (χ3n) is 4.28. The molecule has 2 aliphatic heterocycles. The summed E-state index contributed by atoms with van der Waals surface area (Å²) < 4.78 is 0. The van der Waals surface area contributed by atoms with Crippen molar-refractivity contribution >= 4 is 38.5 Å². The summed E-state index contributed by atoms with van der Waals surface area (Å²) in [5, 5.41) is 21.5. The molecule has 0 saturated carbocycles. The number of fused-ring (bicyclic) bond motifs is 2. The number of aliphatic hydroxyl groups excluding tert-OH is 1. The van der Waals surface area contributed by atoms with E-state index in [0.29, 0.717) is 23.7 Å². The van der Waals surface area contributed by atoms with Crippen LogP contribution in [0.25, 0.3) is 10.8 Å². The number of aliphatic imine (C=N–C) groups is 1. The largest absolute Gasteiger partial charge is 0.390 e. The molecule has 5 nitrogen and oxygen atoms in total. The first kappa shape index (κ1) is 14.2. The molecule has 6 heteroatoms. The number of hydrogen-bond donors (Lipinski definition) is 1. The zero-order chi connectivity index (χ0) is 16.0. The molecule has 0 bridgehead atoms. The Labute approximate surface area is 137 Å². The second-order valence-electron chi connectivity index (χ2n) is 5.60. The molecule has 0 aliphatic carbocycles. The van der Waals surface area contributed by atoms with Gasteiger partial charge in [-0.1, -0.05) is 24.3 Å². The molecule has 2 saturated heterocycles. The summed E-state index contributed by atoms with van der Waals surface area (Å²) in [7, 11) is 0. The van der Waals surface area contributed by atoms with E-state index in [4.69, 9.17) is 0 Å². The maximum absolute atomic E-state index is 12.1. The van der Waals surface area contributed by atoms with Gasteiger partial charge in [0.1, 0.15) is 6.04 Å². The zero-order valence-corrected chi connectivity index (χ0v) is 13.0. The van der Waals surface area contributed by atoms with Crippen molar-refractivity contribution in [3.05, 3.63) is 42.0 Å². The quantitative estimate of drug-likeness (QED) is 0.872. The van der Waals surface area contributed by atoms with Crippen LogP contribution in [0.3, 0.4) is 0 Å². The third-order valence-corrected chi connectivity index (χ3v) is 5.23. The number of benzene rings is 2. The number of amidine groups is 1. The van der Waals surface area contributed by atoms with E-state index in [9.17, 15) is 15.2 Å². The third kappa shape index (κ3) is 2.21. The molecule has 2 fully saturated rings.